The predicted molar refractivity (Wildman–Crippen MR) is 83.8 cm³/mol. The number of amides is 1. The minimum absolute atomic E-state index is 0.214. The first-order valence-electron chi connectivity index (χ1n) is 7.62. The van der Waals surface area contributed by atoms with Gasteiger partial charge in [-0.1, -0.05) is 0 Å². The number of carbonyl (C=O) groups is 1. The smallest absolute Gasteiger partial charge is 0.252 e. The number of hydrogen-bond donors (Lipinski definition) is 2. The Bertz CT molecular complexity index is 728. The molecule has 2 aromatic rings. The van der Waals surface area contributed by atoms with Crippen LogP contribution in [0, 0.1) is 11.6 Å². The van der Waals surface area contributed by atoms with Crippen molar-refractivity contribution in [2.24, 2.45) is 0 Å². The summed E-state index contributed by atoms with van der Waals surface area (Å²) in [5.74, 6) is -2.14. The molecule has 0 saturated carbocycles. The molecular formula is C16H18F2N4O2. The fraction of sp³-hybridized carbons (Fsp3) is 0.375. The first-order chi connectivity index (χ1) is 11.6. The Labute approximate surface area is 137 Å². The Morgan fingerprint density at radius 3 is 2.71 bits per heavy atom. The normalized spacial score (nSPS) is 16.6. The molecule has 1 amide bonds. The van der Waals surface area contributed by atoms with Gasteiger partial charge in [-0.05, 0) is 32.0 Å². The number of anilines is 1. The largest absolute Gasteiger partial charge is 0.494 e. The molecule has 0 spiro atoms. The van der Waals surface area contributed by atoms with Gasteiger partial charge in [-0.2, -0.15) is 5.10 Å². The second-order valence-electron chi connectivity index (χ2n) is 5.65. The number of nitrogens with one attached hydrogen (secondary N) is 2. The van der Waals surface area contributed by atoms with Crippen molar-refractivity contribution in [2.75, 3.05) is 25.5 Å². The first kappa shape index (κ1) is 16.4. The quantitative estimate of drug-likeness (QED) is 0.895. The molecular weight excluding hydrogens is 318 g/mol. The van der Waals surface area contributed by atoms with E-state index in [-0.39, 0.29) is 11.4 Å². The Morgan fingerprint density at radius 2 is 2.08 bits per heavy atom. The lowest BCUT2D eigenvalue weighted by atomic mass is 9.87. The maximum absolute atomic E-state index is 14.1. The summed E-state index contributed by atoms with van der Waals surface area (Å²) in [7, 11) is 1.25. The zero-order valence-electron chi connectivity index (χ0n) is 13.2. The molecule has 1 fully saturated rings. The second kappa shape index (κ2) is 6.56. The maximum atomic E-state index is 14.1. The number of benzene rings is 1. The van der Waals surface area contributed by atoms with Crippen molar-refractivity contribution in [3.63, 3.8) is 0 Å². The number of aromatic nitrogens is 2. The van der Waals surface area contributed by atoms with Crippen molar-refractivity contribution in [1.29, 1.82) is 0 Å². The van der Waals surface area contributed by atoms with E-state index in [1.165, 1.54) is 7.11 Å². The average Bonchev–Trinajstić information content (AvgIpc) is 3.13. The van der Waals surface area contributed by atoms with Crippen LogP contribution in [-0.4, -0.2) is 35.9 Å². The molecule has 8 heteroatoms. The van der Waals surface area contributed by atoms with Crippen molar-refractivity contribution in [1.82, 2.24) is 15.1 Å². The van der Waals surface area contributed by atoms with Crippen LogP contribution >= 0.6 is 0 Å². The Balaban J connectivity index is 1.91. The molecule has 1 aliphatic heterocycles. The standard InChI is InChI=1S/C16H18F2N4O2/c1-24-14-10-11(17)13(9-12(14)18)21-15(23)16(3-6-19-7-4-16)22-8-2-5-20-22/h2,5,8-10,19H,3-4,6-7H2,1H3,(H,21,23). The fourth-order valence-corrected chi connectivity index (χ4v) is 2.94. The molecule has 1 aliphatic rings. The van der Waals surface area contributed by atoms with Gasteiger partial charge in [-0.3, -0.25) is 9.48 Å². The van der Waals surface area contributed by atoms with Gasteiger partial charge in [0, 0.05) is 24.5 Å². The van der Waals surface area contributed by atoms with Gasteiger partial charge in [-0.25, -0.2) is 8.78 Å². The highest BCUT2D eigenvalue weighted by Crippen LogP contribution is 2.30. The molecule has 3 rings (SSSR count). The summed E-state index contributed by atoms with van der Waals surface area (Å²) in [6.45, 7) is 1.26. The monoisotopic (exact) mass is 336 g/mol. The van der Waals surface area contributed by atoms with Crippen LogP contribution in [0.5, 0.6) is 5.75 Å². The molecule has 0 bridgehead atoms. The first-order valence-corrected chi connectivity index (χ1v) is 7.62. The van der Waals surface area contributed by atoms with E-state index in [9.17, 15) is 13.6 Å². The van der Waals surface area contributed by atoms with Crippen molar-refractivity contribution >= 4 is 11.6 Å². The topological polar surface area (TPSA) is 68.2 Å². The van der Waals surface area contributed by atoms with E-state index in [0.29, 0.717) is 25.9 Å². The van der Waals surface area contributed by atoms with Gasteiger partial charge in [-0.15, -0.1) is 0 Å². The molecule has 0 atom stereocenters. The van der Waals surface area contributed by atoms with Gasteiger partial charge in [0.05, 0.1) is 12.8 Å². The molecule has 0 aliphatic carbocycles. The van der Waals surface area contributed by atoms with Crippen LogP contribution in [-0.2, 0) is 10.3 Å². The van der Waals surface area contributed by atoms with Gasteiger partial charge < -0.3 is 15.4 Å². The number of methoxy groups -OCH3 is 1. The van der Waals surface area contributed by atoms with Crippen LogP contribution < -0.4 is 15.4 Å². The Morgan fingerprint density at radius 1 is 1.33 bits per heavy atom. The van der Waals surface area contributed by atoms with Crippen LogP contribution in [0.15, 0.2) is 30.6 Å². The van der Waals surface area contributed by atoms with Crippen LogP contribution in [0.4, 0.5) is 14.5 Å². The van der Waals surface area contributed by atoms with Crippen molar-refractivity contribution < 1.29 is 18.3 Å². The number of hydrogen-bond acceptors (Lipinski definition) is 4. The van der Waals surface area contributed by atoms with Gasteiger partial charge in [0.2, 0.25) is 0 Å². The number of ether oxygens (including phenoxy) is 1. The zero-order valence-corrected chi connectivity index (χ0v) is 13.2. The van der Waals surface area contributed by atoms with Gasteiger partial charge in [0.15, 0.2) is 17.4 Å². The lowest BCUT2D eigenvalue weighted by Gasteiger charge is -2.36. The molecule has 128 valence electrons. The van der Waals surface area contributed by atoms with Crippen LogP contribution in [0.25, 0.3) is 0 Å². The van der Waals surface area contributed by atoms with E-state index >= 15 is 0 Å². The van der Waals surface area contributed by atoms with Crippen molar-refractivity contribution in [3.8, 4) is 5.75 Å². The number of halogens is 2. The average molecular weight is 336 g/mol. The third kappa shape index (κ3) is 2.84. The molecule has 24 heavy (non-hydrogen) atoms. The number of carbonyl (C=O) groups excluding carboxylic acids is 1. The van der Waals surface area contributed by atoms with Crippen molar-refractivity contribution in [2.45, 2.75) is 18.4 Å². The molecule has 2 heterocycles. The molecule has 2 N–H and O–H groups in total. The Kier molecular flexibility index (Phi) is 4.48. The minimum Gasteiger partial charge on any atom is -0.494 e. The molecule has 0 unspecified atom stereocenters. The highest BCUT2D eigenvalue weighted by molar-refractivity contribution is 5.97. The van der Waals surface area contributed by atoms with E-state index in [1.807, 2.05) is 0 Å². The lowest BCUT2D eigenvalue weighted by molar-refractivity contribution is -0.126. The summed E-state index contributed by atoms with van der Waals surface area (Å²) >= 11 is 0. The number of piperidine rings is 1. The Hall–Kier alpha value is -2.48. The highest BCUT2D eigenvalue weighted by atomic mass is 19.1. The molecule has 1 aromatic heterocycles. The SMILES string of the molecule is COc1cc(F)c(NC(=O)C2(n3cccn3)CCNCC2)cc1F. The van der Waals surface area contributed by atoms with E-state index in [4.69, 9.17) is 4.74 Å². The fourth-order valence-electron chi connectivity index (χ4n) is 2.94. The number of rotatable bonds is 4. The molecule has 0 radical (unpaired) electrons. The van der Waals surface area contributed by atoms with Gasteiger partial charge >= 0.3 is 0 Å². The second-order valence-corrected chi connectivity index (χ2v) is 5.65. The molecule has 1 aromatic carbocycles. The maximum Gasteiger partial charge on any atom is 0.252 e. The predicted octanol–water partition coefficient (Wildman–Crippen LogP) is 1.89. The highest BCUT2D eigenvalue weighted by Gasteiger charge is 2.42. The van der Waals surface area contributed by atoms with E-state index < -0.39 is 23.1 Å². The molecule has 1 saturated heterocycles. The van der Waals surface area contributed by atoms with Crippen LogP contribution in [0.3, 0.4) is 0 Å². The van der Waals surface area contributed by atoms with E-state index in [2.05, 4.69) is 15.7 Å². The summed E-state index contributed by atoms with van der Waals surface area (Å²) < 4.78 is 34.3. The summed E-state index contributed by atoms with van der Waals surface area (Å²) in [5, 5.41) is 9.87. The summed E-state index contributed by atoms with van der Waals surface area (Å²) in [4.78, 5) is 12.9. The van der Waals surface area contributed by atoms with E-state index in [1.54, 1.807) is 23.1 Å². The number of nitrogens with zero attached hydrogens (tertiary/aromatic N) is 2. The lowest BCUT2D eigenvalue weighted by Crippen LogP contribution is -2.52. The summed E-state index contributed by atoms with van der Waals surface area (Å²) in [6, 6.07) is 3.56. The van der Waals surface area contributed by atoms with Gasteiger partial charge in [0.25, 0.3) is 5.91 Å². The van der Waals surface area contributed by atoms with Crippen molar-refractivity contribution in [3.05, 3.63) is 42.2 Å². The third-order valence-corrected chi connectivity index (χ3v) is 4.29. The third-order valence-electron chi connectivity index (χ3n) is 4.29. The van der Waals surface area contributed by atoms with Gasteiger partial charge in [0.1, 0.15) is 5.54 Å². The van der Waals surface area contributed by atoms with Crippen LogP contribution in [0.2, 0.25) is 0 Å². The zero-order chi connectivity index (χ0) is 17.2. The minimum atomic E-state index is -0.933. The summed E-state index contributed by atoms with van der Waals surface area (Å²) in [6.07, 6.45) is 4.29. The van der Waals surface area contributed by atoms with Crippen LogP contribution in [0.1, 0.15) is 12.8 Å². The van der Waals surface area contributed by atoms with E-state index in [0.717, 1.165) is 12.1 Å². The molecule has 6 nitrogen and oxygen atoms in total. The summed E-state index contributed by atoms with van der Waals surface area (Å²) in [5.41, 5.74) is -1.15.